The minimum Gasteiger partial charge on any atom is -0.394 e. The van der Waals surface area contributed by atoms with Gasteiger partial charge in [0.05, 0.1) is 25.4 Å². The van der Waals surface area contributed by atoms with Gasteiger partial charge in [-0.05, 0) is 18.4 Å². The number of amides is 1. The van der Waals surface area contributed by atoms with E-state index in [1.54, 1.807) is 0 Å². The van der Waals surface area contributed by atoms with Crippen molar-refractivity contribution in [2.75, 3.05) is 6.61 Å². The van der Waals surface area contributed by atoms with E-state index in [1.807, 2.05) is 37.3 Å². The lowest BCUT2D eigenvalue weighted by Crippen LogP contribution is -2.46. The van der Waals surface area contributed by atoms with Crippen molar-refractivity contribution in [3.05, 3.63) is 35.9 Å². The molecule has 1 aromatic carbocycles. The zero-order valence-corrected chi connectivity index (χ0v) is 14.5. The van der Waals surface area contributed by atoms with E-state index < -0.39 is 0 Å². The van der Waals surface area contributed by atoms with Crippen molar-refractivity contribution in [1.29, 1.82) is 0 Å². The Bertz CT molecular complexity index is 422. The lowest BCUT2D eigenvalue weighted by molar-refractivity contribution is -0.124. The zero-order chi connectivity index (χ0) is 16.9. The van der Waals surface area contributed by atoms with Crippen molar-refractivity contribution in [2.45, 2.75) is 71.1 Å². The third-order valence-corrected chi connectivity index (χ3v) is 3.96. The highest BCUT2D eigenvalue weighted by Crippen LogP contribution is 2.10. The maximum atomic E-state index is 12.0. The summed E-state index contributed by atoms with van der Waals surface area (Å²) in [4.78, 5) is 12.0. The van der Waals surface area contributed by atoms with Crippen molar-refractivity contribution in [3.8, 4) is 0 Å². The van der Waals surface area contributed by atoms with Gasteiger partial charge in [0, 0.05) is 6.42 Å². The van der Waals surface area contributed by atoms with E-state index in [0.717, 1.165) is 37.7 Å². The Morgan fingerprint density at radius 1 is 1.17 bits per heavy atom. The highest BCUT2D eigenvalue weighted by molar-refractivity contribution is 5.76. The van der Waals surface area contributed by atoms with Crippen molar-refractivity contribution in [2.24, 2.45) is 0 Å². The molecule has 0 aliphatic carbocycles. The van der Waals surface area contributed by atoms with Gasteiger partial charge < -0.3 is 15.2 Å². The predicted octanol–water partition coefficient (Wildman–Crippen LogP) is 3.43. The molecule has 130 valence electrons. The fraction of sp³-hybridized carbons (Fsp3) is 0.632. The molecule has 0 aliphatic rings. The van der Waals surface area contributed by atoms with E-state index in [4.69, 9.17) is 4.74 Å². The van der Waals surface area contributed by atoms with Gasteiger partial charge in [-0.25, -0.2) is 0 Å². The molecule has 0 aliphatic heterocycles. The normalized spacial score (nSPS) is 13.5. The van der Waals surface area contributed by atoms with Crippen molar-refractivity contribution >= 4 is 5.91 Å². The second-order valence-electron chi connectivity index (χ2n) is 5.91. The Kier molecular flexibility index (Phi) is 10.3. The Balaban J connectivity index is 2.41. The molecule has 0 fully saturated rings. The highest BCUT2D eigenvalue weighted by Gasteiger charge is 2.21. The molecule has 1 aromatic rings. The number of hydrogen-bond acceptors (Lipinski definition) is 3. The summed E-state index contributed by atoms with van der Waals surface area (Å²) < 4.78 is 5.90. The minimum absolute atomic E-state index is 0.00177. The molecule has 0 heterocycles. The molecule has 2 N–H and O–H groups in total. The van der Waals surface area contributed by atoms with Crippen LogP contribution in [0.5, 0.6) is 0 Å². The van der Waals surface area contributed by atoms with Crippen LogP contribution in [0.25, 0.3) is 0 Å². The van der Waals surface area contributed by atoms with Crippen LogP contribution in [-0.2, 0) is 16.1 Å². The summed E-state index contributed by atoms with van der Waals surface area (Å²) in [6.07, 6.45) is 5.38. The van der Waals surface area contributed by atoms with Crippen LogP contribution in [0.1, 0.15) is 57.9 Å². The summed E-state index contributed by atoms with van der Waals surface area (Å²) >= 11 is 0. The van der Waals surface area contributed by atoms with Crippen LogP contribution >= 0.6 is 0 Å². The van der Waals surface area contributed by atoms with E-state index in [1.165, 1.54) is 0 Å². The number of hydrogen-bond donors (Lipinski definition) is 2. The third kappa shape index (κ3) is 8.14. The number of carbonyl (C=O) groups is 1. The third-order valence-electron chi connectivity index (χ3n) is 3.96. The first-order valence-corrected chi connectivity index (χ1v) is 8.77. The molecular weight excluding hydrogens is 290 g/mol. The van der Waals surface area contributed by atoms with Gasteiger partial charge in [0.25, 0.3) is 0 Å². The second kappa shape index (κ2) is 12.1. The first-order chi connectivity index (χ1) is 11.2. The van der Waals surface area contributed by atoms with E-state index >= 15 is 0 Å². The molecule has 0 saturated carbocycles. The summed E-state index contributed by atoms with van der Waals surface area (Å²) in [6.45, 7) is 4.54. The van der Waals surface area contributed by atoms with E-state index in [0.29, 0.717) is 13.0 Å². The van der Waals surface area contributed by atoms with Crippen LogP contribution in [0.4, 0.5) is 0 Å². The van der Waals surface area contributed by atoms with Gasteiger partial charge in [0.15, 0.2) is 0 Å². The molecule has 0 spiro atoms. The second-order valence-corrected chi connectivity index (χ2v) is 5.91. The van der Waals surface area contributed by atoms with E-state index in [2.05, 4.69) is 12.2 Å². The summed E-state index contributed by atoms with van der Waals surface area (Å²) in [5.74, 6) is 0.00177. The average Bonchev–Trinajstić information content (AvgIpc) is 2.59. The first kappa shape index (κ1) is 19.7. The maximum absolute atomic E-state index is 12.0. The van der Waals surface area contributed by atoms with Crippen LogP contribution < -0.4 is 5.32 Å². The number of unbranched alkanes of at least 4 members (excludes halogenated alkanes) is 3. The SMILES string of the molecule is CCCCCCC(=O)N[C@H](CO)[C@H](CC)OCc1ccccc1. The molecule has 1 amide bonds. The number of aliphatic hydroxyl groups excluding tert-OH is 1. The Morgan fingerprint density at radius 2 is 1.91 bits per heavy atom. The maximum Gasteiger partial charge on any atom is 0.220 e. The van der Waals surface area contributed by atoms with Crippen LogP contribution in [0.2, 0.25) is 0 Å². The van der Waals surface area contributed by atoms with Crippen LogP contribution in [-0.4, -0.2) is 29.8 Å². The molecule has 2 atom stereocenters. The Labute approximate surface area is 140 Å². The summed E-state index contributed by atoms with van der Waals surface area (Å²) in [5.41, 5.74) is 1.09. The lowest BCUT2D eigenvalue weighted by atomic mass is 10.1. The number of benzene rings is 1. The molecule has 0 aromatic heterocycles. The minimum atomic E-state index is -0.345. The number of rotatable bonds is 12. The fourth-order valence-corrected chi connectivity index (χ4v) is 2.54. The van der Waals surface area contributed by atoms with E-state index in [9.17, 15) is 9.90 Å². The highest BCUT2D eigenvalue weighted by atomic mass is 16.5. The summed E-state index contributed by atoms with van der Waals surface area (Å²) in [6, 6.07) is 9.58. The smallest absolute Gasteiger partial charge is 0.220 e. The number of ether oxygens (including phenoxy) is 1. The van der Waals surface area contributed by atoms with Crippen molar-refractivity contribution < 1.29 is 14.6 Å². The van der Waals surface area contributed by atoms with Gasteiger partial charge in [-0.1, -0.05) is 63.4 Å². The molecule has 4 nitrogen and oxygen atoms in total. The topological polar surface area (TPSA) is 58.6 Å². The van der Waals surface area contributed by atoms with Crippen LogP contribution in [0.3, 0.4) is 0 Å². The van der Waals surface area contributed by atoms with Crippen LogP contribution in [0.15, 0.2) is 30.3 Å². The molecule has 1 rings (SSSR count). The Hall–Kier alpha value is -1.39. The van der Waals surface area contributed by atoms with Crippen molar-refractivity contribution in [3.63, 3.8) is 0 Å². The van der Waals surface area contributed by atoms with Gasteiger partial charge in [0.2, 0.25) is 5.91 Å². The van der Waals surface area contributed by atoms with Gasteiger partial charge in [-0.15, -0.1) is 0 Å². The van der Waals surface area contributed by atoms with E-state index in [-0.39, 0.29) is 24.7 Å². The molecule has 0 unspecified atom stereocenters. The number of aliphatic hydroxyl groups is 1. The predicted molar refractivity (Wildman–Crippen MR) is 93.1 cm³/mol. The fourth-order valence-electron chi connectivity index (χ4n) is 2.54. The van der Waals surface area contributed by atoms with Gasteiger partial charge >= 0.3 is 0 Å². The molecule has 0 bridgehead atoms. The molecule has 0 saturated heterocycles. The molecular formula is C19H31NO3. The number of nitrogens with one attached hydrogen (secondary N) is 1. The van der Waals surface area contributed by atoms with Gasteiger partial charge in [0.1, 0.15) is 0 Å². The lowest BCUT2D eigenvalue weighted by Gasteiger charge is -2.26. The summed E-state index contributed by atoms with van der Waals surface area (Å²) in [5, 5.41) is 12.5. The molecule has 23 heavy (non-hydrogen) atoms. The largest absolute Gasteiger partial charge is 0.394 e. The Morgan fingerprint density at radius 3 is 2.52 bits per heavy atom. The van der Waals surface area contributed by atoms with Crippen molar-refractivity contribution in [1.82, 2.24) is 5.32 Å². The summed E-state index contributed by atoms with van der Waals surface area (Å²) in [7, 11) is 0. The van der Waals surface area contributed by atoms with Gasteiger partial charge in [-0.3, -0.25) is 4.79 Å². The van der Waals surface area contributed by atoms with Crippen LogP contribution in [0, 0.1) is 0 Å². The quantitative estimate of drug-likeness (QED) is 0.580. The number of carbonyl (C=O) groups excluding carboxylic acids is 1. The van der Waals surface area contributed by atoms with Gasteiger partial charge in [-0.2, -0.15) is 0 Å². The molecule has 4 heteroatoms. The monoisotopic (exact) mass is 321 g/mol. The first-order valence-electron chi connectivity index (χ1n) is 8.77. The molecule has 0 radical (unpaired) electrons. The standard InChI is InChI=1S/C19H31NO3/c1-3-5-6-10-13-19(22)20-17(14-21)18(4-2)23-15-16-11-8-7-9-12-16/h7-9,11-12,17-18,21H,3-6,10,13-15H2,1-2H3,(H,20,22)/t17-,18+/m1/s1. The average molecular weight is 321 g/mol. The zero-order valence-electron chi connectivity index (χ0n) is 14.5.